The first-order chi connectivity index (χ1) is 12.0. The van der Waals surface area contributed by atoms with Crippen molar-refractivity contribution in [2.75, 3.05) is 19.5 Å². The van der Waals surface area contributed by atoms with Crippen LogP contribution in [0, 0.1) is 0 Å². The number of hydrogen-bond acceptors (Lipinski definition) is 4. The van der Waals surface area contributed by atoms with Gasteiger partial charge in [-0.05, 0) is 35.9 Å². The van der Waals surface area contributed by atoms with Gasteiger partial charge in [0.05, 0.1) is 14.2 Å². The van der Waals surface area contributed by atoms with Gasteiger partial charge < -0.3 is 20.1 Å². The van der Waals surface area contributed by atoms with E-state index in [1.807, 2.05) is 6.07 Å². The second-order valence-electron chi connectivity index (χ2n) is 4.90. The van der Waals surface area contributed by atoms with Gasteiger partial charge >= 0.3 is 6.03 Å². The number of urea groups is 1. The molecule has 0 fully saturated rings. The number of nitrogens with one attached hydrogen (secondary N) is 2. The van der Waals surface area contributed by atoms with Crippen LogP contribution < -0.4 is 20.1 Å². The Morgan fingerprint density at radius 1 is 1.12 bits per heavy atom. The molecule has 5 nitrogen and oxygen atoms in total. The fourth-order valence-corrected chi connectivity index (χ4v) is 2.66. The van der Waals surface area contributed by atoms with Crippen LogP contribution in [0.2, 0.25) is 0 Å². The van der Waals surface area contributed by atoms with Gasteiger partial charge in [-0.25, -0.2) is 4.79 Å². The van der Waals surface area contributed by atoms with Crippen molar-refractivity contribution in [3.8, 4) is 11.5 Å². The van der Waals surface area contributed by atoms with Crippen LogP contribution in [0.5, 0.6) is 11.5 Å². The van der Waals surface area contributed by atoms with E-state index in [-0.39, 0.29) is 6.54 Å². The van der Waals surface area contributed by atoms with Crippen molar-refractivity contribution in [1.29, 1.82) is 0 Å². The fourth-order valence-electron chi connectivity index (χ4n) is 2.10. The SMILES string of the molecule is COc1ccc(CNC(=O)Nc2cccc(SC(F)F)c2)cc1OC. The van der Waals surface area contributed by atoms with Crippen LogP contribution in [0.25, 0.3) is 0 Å². The second-order valence-corrected chi connectivity index (χ2v) is 5.97. The lowest BCUT2D eigenvalue weighted by atomic mass is 10.2. The van der Waals surface area contributed by atoms with Crippen LogP contribution in [-0.2, 0) is 6.54 Å². The summed E-state index contributed by atoms with van der Waals surface area (Å²) >= 11 is 0.427. The van der Waals surface area contributed by atoms with Crippen LogP contribution in [0.4, 0.5) is 19.3 Å². The quantitative estimate of drug-likeness (QED) is 0.714. The van der Waals surface area contributed by atoms with Crippen molar-refractivity contribution >= 4 is 23.5 Å². The molecule has 0 saturated heterocycles. The minimum Gasteiger partial charge on any atom is -0.493 e. The first-order valence-corrected chi connectivity index (χ1v) is 8.20. The normalized spacial score (nSPS) is 10.4. The highest BCUT2D eigenvalue weighted by Crippen LogP contribution is 2.28. The molecule has 2 rings (SSSR count). The third-order valence-corrected chi connectivity index (χ3v) is 3.92. The number of alkyl halides is 2. The second kappa shape index (κ2) is 9.12. The number of benzene rings is 2. The van der Waals surface area contributed by atoms with Crippen molar-refractivity contribution in [2.45, 2.75) is 17.2 Å². The Hall–Kier alpha value is -2.48. The van der Waals surface area contributed by atoms with Gasteiger partial charge in [0.1, 0.15) is 0 Å². The summed E-state index contributed by atoms with van der Waals surface area (Å²) in [4.78, 5) is 12.3. The number of carbonyl (C=O) groups excluding carboxylic acids is 1. The Morgan fingerprint density at radius 3 is 2.56 bits per heavy atom. The zero-order chi connectivity index (χ0) is 18.2. The molecule has 0 spiro atoms. The van der Waals surface area contributed by atoms with E-state index in [4.69, 9.17) is 9.47 Å². The van der Waals surface area contributed by atoms with E-state index < -0.39 is 11.8 Å². The Labute approximate surface area is 148 Å². The van der Waals surface area contributed by atoms with Gasteiger partial charge in [0.2, 0.25) is 0 Å². The molecule has 2 amide bonds. The maximum Gasteiger partial charge on any atom is 0.319 e. The molecule has 0 radical (unpaired) electrons. The van der Waals surface area contributed by atoms with Crippen molar-refractivity contribution in [2.24, 2.45) is 0 Å². The highest BCUT2D eigenvalue weighted by Gasteiger charge is 2.08. The van der Waals surface area contributed by atoms with Crippen LogP contribution in [0.15, 0.2) is 47.4 Å². The summed E-state index contributed by atoms with van der Waals surface area (Å²) in [5.41, 5.74) is 1.27. The van der Waals surface area contributed by atoms with Crippen molar-refractivity contribution in [3.63, 3.8) is 0 Å². The van der Waals surface area contributed by atoms with Crippen LogP contribution in [0.3, 0.4) is 0 Å². The van der Waals surface area contributed by atoms with Gasteiger partial charge in [0, 0.05) is 17.1 Å². The first kappa shape index (κ1) is 18.9. The molecule has 0 saturated carbocycles. The molecule has 0 aromatic heterocycles. The Balaban J connectivity index is 1.92. The Bertz CT molecular complexity index is 729. The maximum atomic E-state index is 12.4. The Morgan fingerprint density at radius 2 is 1.88 bits per heavy atom. The van der Waals surface area contributed by atoms with Gasteiger partial charge in [-0.15, -0.1) is 0 Å². The molecule has 134 valence electrons. The summed E-state index contributed by atoms with van der Waals surface area (Å²) in [6.07, 6.45) is 0. The fraction of sp³-hybridized carbons (Fsp3) is 0.235. The van der Waals surface area contributed by atoms with E-state index in [9.17, 15) is 13.6 Å². The molecule has 0 aliphatic heterocycles. The third kappa shape index (κ3) is 5.82. The maximum absolute atomic E-state index is 12.4. The zero-order valence-electron chi connectivity index (χ0n) is 13.7. The number of halogens is 2. The predicted molar refractivity (Wildman–Crippen MR) is 93.7 cm³/mol. The molecule has 2 aromatic rings. The number of hydrogen-bond donors (Lipinski definition) is 2. The lowest BCUT2D eigenvalue weighted by Crippen LogP contribution is -2.28. The standard InChI is InChI=1S/C17H18F2N2O3S/c1-23-14-7-6-11(8-15(14)24-2)10-20-17(22)21-12-4-3-5-13(9-12)25-16(18)19/h3-9,16H,10H2,1-2H3,(H2,20,21,22). The molecule has 0 aliphatic carbocycles. The van der Waals surface area contributed by atoms with E-state index in [2.05, 4.69) is 10.6 Å². The summed E-state index contributed by atoms with van der Waals surface area (Å²) in [7, 11) is 3.08. The highest BCUT2D eigenvalue weighted by atomic mass is 32.2. The first-order valence-electron chi connectivity index (χ1n) is 7.32. The number of amides is 2. The smallest absolute Gasteiger partial charge is 0.319 e. The predicted octanol–water partition coefficient (Wildman–Crippen LogP) is 4.34. The highest BCUT2D eigenvalue weighted by molar-refractivity contribution is 7.99. The van der Waals surface area contributed by atoms with Gasteiger partial charge in [-0.2, -0.15) is 8.78 Å². The molecular weight excluding hydrogens is 350 g/mol. The third-order valence-electron chi connectivity index (χ3n) is 3.22. The summed E-state index contributed by atoms with van der Waals surface area (Å²) in [6, 6.07) is 11.2. The molecule has 2 N–H and O–H groups in total. The monoisotopic (exact) mass is 368 g/mol. The van der Waals surface area contributed by atoms with E-state index in [1.165, 1.54) is 13.2 Å². The lowest BCUT2D eigenvalue weighted by Gasteiger charge is -2.11. The van der Waals surface area contributed by atoms with Crippen molar-refractivity contribution < 1.29 is 23.0 Å². The summed E-state index contributed by atoms with van der Waals surface area (Å²) in [5.74, 6) is -1.34. The number of anilines is 1. The van der Waals surface area contributed by atoms with Crippen LogP contribution in [-0.4, -0.2) is 26.0 Å². The van der Waals surface area contributed by atoms with Crippen LogP contribution >= 0.6 is 11.8 Å². The summed E-state index contributed by atoms with van der Waals surface area (Å²) in [5, 5.41) is 5.31. The average molecular weight is 368 g/mol. The van der Waals surface area contributed by atoms with E-state index in [0.29, 0.717) is 33.8 Å². The Kier molecular flexibility index (Phi) is 6.88. The van der Waals surface area contributed by atoms with Crippen molar-refractivity contribution in [1.82, 2.24) is 5.32 Å². The molecule has 0 heterocycles. The summed E-state index contributed by atoms with van der Waals surface area (Å²) in [6.45, 7) is 0.275. The summed E-state index contributed by atoms with van der Waals surface area (Å²) < 4.78 is 35.1. The zero-order valence-corrected chi connectivity index (χ0v) is 14.5. The molecule has 8 heteroatoms. The van der Waals surface area contributed by atoms with E-state index in [0.717, 1.165) is 5.56 Å². The minimum atomic E-state index is -2.51. The van der Waals surface area contributed by atoms with Gasteiger partial charge in [-0.1, -0.05) is 23.9 Å². The molecule has 0 atom stereocenters. The average Bonchev–Trinajstić information content (AvgIpc) is 2.59. The molecule has 0 unspecified atom stereocenters. The number of thioether (sulfide) groups is 1. The van der Waals surface area contributed by atoms with E-state index >= 15 is 0 Å². The lowest BCUT2D eigenvalue weighted by molar-refractivity contribution is 0.251. The van der Waals surface area contributed by atoms with E-state index in [1.54, 1.807) is 37.4 Å². The number of methoxy groups -OCH3 is 2. The topological polar surface area (TPSA) is 59.6 Å². The number of rotatable bonds is 7. The number of carbonyl (C=O) groups is 1. The molecule has 0 bridgehead atoms. The largest absolute Gasteiger partial charge is 0.493 e. The van der Waals surface area contributed by atoms with Crippen molar-refractivity contribution in [3.05, 3.63) is 48.0 Å². The molecular formula is C17H18F2N2O3S. The van der Waals surface area contributed by atoms with Gasteiger partial charge in [0.25, 0.3) is 5.76 Å². The molecule has 0 aliphatic rings. The van der Waals surface area contributed by atoms with Gasteiger partial charge in [0.15, 0.2) is 11.5 Å². The number of ether oxygens (including phenoxy) is 2. The van der Waals surface area contributed by atoms with Crippen LogP contribution in [0.1, 0.15) is 5.56 Å². The minimum absolute atomic E-state index is 0.275. The van der Waals surface area contributed by atoms with Gasteiger partial charge in [-0.3, -0.25) is 0 Å². The molecule has 2 aromatic carbocycles. The molecule has 25 heavy (non-hydrogen) atoms.